The summed E-state index contributed by atoms with van der Waals surface area (Å²) in [6.07, 6.45) is -4.40. The SMILES string of the molecule is N=C1c2ccccc2CN1c1cc(C(F)(F)F)ccc1Br. The predicted molar refractivity (Wildman–Crippen MR) is 78.6 cm³/mol. The van der Waals surface area contributed by atoms with Crippen LogP contribution in [0.2, 0.25) is 0 Å². The van der Waals surface area contributed by atoms with Gasteiger partial charge in [0, 0.05) is 10.0 Å². The zero-order valence-electron chi connectivity index (χ0n) is 10.7. The molecule has 1 aliphatic heterocycles. The van der Waals surface area contributed by atoms with Gasteiger partial charge in [-0.25, -0.2) is 0 Å². The van der Waals surface area contributed by atoms with Crippen LogP contribution in [-0.4, -0.2) is 5.84 Å². The molecule has 0 saturated carbocycles. The Kier molecular flexibility index (Phi) is 3.28. The standard InChI is InChI=1S/C15H10BrF3N2/c16-12-6-5-10(15(17,18)19)7-13(12)21-8-9-3-1-2-4-11(9)14(21)20/h1-7,20H,8H2. The minimum Gasteiger partial charge on any atom is -0.321 e. The summed E-state index contributed by atoms with van der Waals surface area (Å²) in [4.78, 5) is 1.57. The first-order valence-electron chi connectivity index (χ1n) is 6.19. The molecule has 3 rings (SSSR count). The topological polar surface area (TPSA) is 27.1 Å². The smallest absolute Gasteiger partial charge is 0.321 e. The van der Waals surface area contributed by atoms with Crippen LogP contribution in [0, 0.1) is 5.41 Å². The fourth-order valence-corrected chi connectivity index (χ4v) is 2.85. The molecular weight excluding hydrogens is 345 g/mol. The first-order chi connectivity index (χ1) is 9.88. The van der Waals surface area contributed by atoms with Crippen LogP contribution in [0.4, 0.5) is 18.9 Å². The number of nitrogens with one attached hydrogen (secondary N) is 1. The van der Waals surface area contributed by atoms with Crippen molar-refractivity contribution in [2.24, 2.45) is 0 Å². The number of nitrogens with zero attached hydrogens (tertiary/aromatic N) is 1. The van der Waals surface area contributed by atoms with E-state index in [1.165, 1.54) is 6.07 Å². The first-order valence-corrected chi connectivity index (χ1v) is 6.98. The van der Waals surface area contributed by atoms with Crippen LogP contribution < -0.4 is 4.90 Å². The summed E-state index contributed by atoms with van der Waals surface area (Å²) in [6, 6.07) is 10.8. The second kappa shape index (κ2) is 4.87. The van der Waals surface area contributed by atoms with Gasteiger partial charge in [-0.05, 0) is 39.7 Å². The highest BCUT2D eigenvalue weighted by atomic mass is 79.9. The van der Waals surface area contributed by atoms with Crippen molar-refractivity contribution in [3.05, 3.63) is 63.6 Å². The maximum Gasteiger partial charge on any atom is 0.416 e. The largest absolute Gasteiger partial charge is 0.416 e. The van der Waals surface area contributed by atoms with Gasteiger partial charge in [0.1, 0.15) is 5.84 Å². The third-order valence-corrected chi connectivity index (χ3v) is 4.11. The molecule has 6 heteroatoms. The number of hydrogen-bond donors (Lipinski definition) is 1. The van der Waals surface area contributed by atoms with Gasteiger partial charge in [0.15, 0.2) is 0 Å². The van der Waals surface area contributed by atoms with E-state index in [1.54, 1.807) is 11.0 Å². The fourth-order valence-electron chi connectivity index (χ4n) is 2.39. The van der Waals surface area contributed by atoms with Gasteiger partial charge < -0.3 is 4.90 Å². The minimum atomic E-state index is -4.40. The molecule has 0 radical (unpaired) electrons. The fraction of sp³-hybridized carbons (Fsp3) is 0.133. The van der Waals surface area contributed by atoms with E-state index < -0.39 is 11.7 Å². The molecule has 0 atom stereocenters. The summed E-state index contributed by atoms with van der Waals surface area (Å²) in [6.45, 7) is 0.398. The zero-order valence-corrected chi connectivity index (χ0v) is 12.3. The number of benzene rings is 2. The molecule has 1 aliphatic rings. The highest BCUT2D eigenvalue weighted by molar-refractivity contribution is 9.10. The van der Waals surface area contributed by atoms with Gasteiger partial charge in [0.25, 0.3) is 0 Å². The Balaban J connectivity index is 2.05. The lowest BCUT2D eigenvalue weighted by Gasteiger charge is -2.21. The van der Waals surface area contributed by atoms with Gasteiger partial charge in [0.2, 0.25) is 0 Å². The van der Waals surface area contributed by atoms with Gasteiger partial charge in [-0.1, -0.05) is 24.3 Å². The minimum absolute atomic E-state index is 0.214. The third-order valence-electron chi connectivity index (χ3n) is 3.44. The van der Waals surface area contributed by atoms with Crippen molar-refractivity contribution in [2.75, 3.05) is 4.90 Å². The molecule has 0 bridgehead atoms. The van der Waals surface area contributed by atoms with E-state index in [2.05, 4.69) is 15.9 Å². The van der Waals surface area contributed by atoms with Gasteiger partial charge in [-0.3, -0.25) is 5.41 Å². The lowest BCUT2D eigenvalue weighted by Crippen LogP contribution is -2.24. The molecule has 2 aromatic rings. The summed E-state index contributed by atoms with van der Waals surface area (Å²) < 4.78 is 39.1. The molecule has 2 nitrogen and oxygen atoms in total. The Labute approximate surface area is 127 Å². The molecule has 1 heterocycles. The maximum atomic E-state index is 12.9. The zero-order chi connectivity index (χ0) is 15.2. The van der Waals surface area contributed by atoms with E-state index in [4.69, 9.17) is 5.41 Å². The van der Waals surface area contributed by atoms with Gasteiger partial charge in [-0.2, -0.15) is 13.2 Å². The van der Waals surface area contributed by atoms with Gasteiger partial charge in [-0.15, -0.1) is 0 Å². The second-order valence-corrected chi connectivity index (χ2v) is 5.61. The van der Waals surface area contributed by atoms with E-state index >= 15 is 0 Å². The quantitative estimate of drug-likeness (QED) is 0.781. The van der Waals surface area contributed by atoms with Crippen molar-refractivity contribution < 1.29 is 13.2 Å². The Morgan fingerprint density at radius 3 is 2.48 bits per heavy atom. The van der Waals surface area contributed by atoms with Crippen LogP contribution in [0.3, 0.4) is 0 Å². The number of hydrogen-bond acceptors (Lipinski definition) is 1. The highest BCUT2D eigenvalue weighted by Crippen LogP contribution is 2.38. The summed E-state index contributed by atoms with van der Waals surface area (Å²) in [5.41, 5.74) is 1.32. The van der Waals surface area contributed by atoms with Crippen LogP contribution in [0.1, 0.15) is 16.7 Å². The Hall–Kier alpha value is -1.82. The van der Waals surface area contributed by atoms with Gasteiger partial charge >= 0.3 is 6.18 Å². The molecule has 0 unspecified atom stereocenters. The average molecular weight is 355 g/mol. The molecule has 108 valence electrons. The number of amidine groups is 1. The van der Waals surface area contributed by atoms with E-state index in [9.17, 15) is 13.2 Å². The predicted octanol–water partition coefficient (Wildman–Crippen LogP) is 4.81. The van der Waals surface area contributed by atoms with Crippen LogP contribution in [0.15, 0.2) is 46.9 Å². The first kappa shape index (κ1) is 14.1. The van der Waals surface area contributed by atoms with Crippen molar-refractivity contribution in [3.63, 3.8) is 0 Å². The molecule has 0 fully saturated rings. The van der Waals surface area contributed by atoms with Crippen LogP contribution >= 0.6 is 15.9 Å². The number of anilines is 1. The molecule has 1 N–H and O–H groups in total. The number of alkyl halides is 3. The van der Waals surface area contributed by atoms with Crippen LogP contribution in [-0.2, 0) is 12.7 Å². The molecule has 0 amide bonds. The Morgan fingerprint density at radius 1 is 1.10 bits per heavy atom. The summed E-state index contributed by atoms with van der Waals surface area (Å²) >= 11 is 3.27. The van der Waals surface area contributed by atoms with Gasteiger partial charge in [0.05, 0.1) is 17.8 Å². The highest BCUT2D eigenvalue weighted by Gasteiger charge is 2.33. The average Bonchev–Trinajstić information content (AvgIpc) is 2.76. The molecule has 0 aromatic heterocycles. The lowest BCUT2D eigenvalue weighted by atomic mass is 10.1. The van der Waals surface area contributed by atoms with E-state index in [-0.39, 0.29) is 5.84 Å². The normalized spacial score (nSPS) is 14.5. The van der Waals surface area contributed by atoms with Crippen molar-refractivity contribution in [1.82, 2.24) is 0 Å². The summed E-state index contributed by atoms with van der Waals surface area (Å²) in [5.74, 6) is 0.214. The Morgan fingerprint density at radius 2 is 1.81 bits per heavy atom. The van der Waals surface area contributed by atoms with E-state index in [0.29, 0.717) is 16.7 Å². The third kappa shape index (κ3) is 2.44. The van der Waals surface area contributed by atoms with Crippen molar-refractivity contribution in [2.45, 2.75) is 12.7 Å². The van der Waals surface area contributed by atoms with Crippen molar-refractivity contribution in [1.29, 1.82) is 5.41 Å². The monoisotopic (exact) mass is 354 g/mol. The molecule has 0 saturated heterocycles. The number of rotatable bonds is 1. The summed E-state index contributed by atoms with van der Waals surface area (Å²) in [5, 5.41) is 8.17. The molecule has 0 aliphatic carbocycles. The van der Waals surface area contributed by atoms with E-state index in [0.717, 1.165) is 23.3 Å². The van der Waals surface area contributed by atoms with Crippen molar-refractivity contribution in [3.8, 4) is 0 Å². The number of fused-ring (bicyclic) bond motifs is 1. The van der Waals surface area contributed by atoms with Crippen LogP contribution in [0.5, 0.6) is 0 Å². The molecule has 2 aromatic carbocycles. The molecule has 0 spiro atoms. The Bertz CT molecular complexity index is 725. The summed E-state index contributed by atoms with van der Waals surface area (Å²) in [7, 11) is 0. The van der Waals surface area contributed by atoms with Crippen LogP contribution in [0.25, 0.3) is 0 Å². The van der Waals surface area contributed by atoms with Crippen molar-refractivity contribution >= 4 is 27.5 Å². The van der Waals surface area contributed by atoms with E-state index in [1.807, 2.05) is 18.2 Å². The molecular formula is C15H10BrF3N2. The molecule has 21 heavy (non-hydrogen) atoms. The maximum absolute atomic E-state index is 12.9. The lowest BCUT2D eigenvalue weighted by molar-refractivity contribution is -0.137. The number of halogens is 4. The second-order valence-electron chi connectivity index (χ2n) is 4.76.